The van der Waals surface area contributed by atoms with Crippen LogP contribution in [0.1, 0.15) is 5.69 Å². The number of hydrazine groups is 1. The molecule has 0 unspecified atom stereocenters. The van der Waals surface area contributed by atoms with Gasteiger partial charge in [0.05, 0.1) is 15.1 Å². The smallest absolute Gasteiger partial charge is 0.225 e. The Hall–Kier alpha value is 0.810. The van der Waals surface area contributed by atoms with Gasteiger partial charge in [0, 0.05) is 0 Å². The molecular weight excluding hydrogens is 327 g/mol. The van der Waals surface area contributed by atoms with Gasteiger partial charge in [0.2, 0.25) is 4.46 Å². The second-order valence-corrected chi connectivity index (χ2v) is 5.23. The van der Waals surface area contributed by atoms with Gasteiger partial charge in [0.25, 0.3) is 0 Å². The monoisotopic (exact) mass is 327 g/mol. The van der Waals surface area contributed by atoms with E-state index in [1.807, 2.05) is 0 Å². The molecule has 0 saturated heterocycles. The lowest BCUT2D eigenvalue weighted by molar-refractivity contribution is 0.634. The molecule has 0 aliphatic carbocycles. The van der Waals surface area contributed by atoms with Crippen LogP contribution in [0.2, 0.25) is 20.2 Å². The molecular formula is C6H3Cl6N3. The normalized spacial score (nSPS) is 11.9. The fourth-order valence-electron chi connectivity index (χ4n) is 0.764. The molecule has 15 heavy (non-hydrogen) atoms. The number of halogens is 6. The summed E-state index contributed by atoms with van der Waals surface area (Å²) in [5.41, 5.74) is 2.08. The van der Waals surface area contributed by atoms with E-state index in [1.165, 1.54) is 0 Å². The lowest BCUT2D eigenvalue weighted by Crippen LogP contribution is -2.38. The van der Waals surface area contributed by atoms with Gasteiger partial charge in [-0.25, -0.2) is 10.4 Å². The van der Waals surface area contributed by atoms with Crippen LogP contribution < -0.4 is 11.3 Å². The van der Waals surface area contributed by atoms with Crippen molar-refractivity contribution < 1.29 is 0 Å². The van der Waals surface area contributed by atoms with Gasteiger partial charge in [-0.3, -0.25) is 5.84 Å². The molecule has 84 valence electrons. The van der Waals surface area contributed by atoms with Crippen LogP contribution in [0.4, 0.5) is 0 Å². The number of aromatic nitrogens is 1. The molecule has 0 aliphatic rings. The van der Waals surface area contributed by atoms with Gasteiger partial charge in [-0.05, 0) is 0 Å². The van der Waals surface area contributed by atoms with Crippen molar-refractivity contribution in [1.82, 2.24) is 10.4 Å². The first kappa shape index (κ1) is 13.9. The van der Waals surface area contributed by atoms with Gasteiger partial charge in [0.1, 0.15) is 10.8 Å². The summed E-state index contributed by atoms with van der Waals surface area (Å²) in [4.78, 5) is 3.79. The first-order valence-corrected chi connectivity index (χ1v) is 5.64. The maximum absolute atomic E-state index is 5.83. The van der Waals surface area contributed by atoms with E-state index in [4.69, 9.17) is 75.4 Å². The van der Waals surface area contributed by atoms with Crippen LogP contribution in [-0.4, -0.2) is 4.98 Å². The van der Waals surface area contributed by atoms with Crippen LogP contribution in [0.15, 0.2) is 0 Å². The Morgan fingerprint density at radius 2 is 1.53 bits per heavy atom. The zero-order valence-corrected chi connectivity index (χ0v) is 11.3. The molecule has 3 nitrogen and oxygen atoms in total. The third-order valence-corrected chi connectivity index (χ3v) is 3.72. The van der Waals surface area contributed by atoms with Gasteiger partial charge < -0.3 is 0 Å². The highest BCUT2D eigenvalue weighted by molar-refractivity contribution is 6.53. The van der Waals surface area contributed by atoms with Gasteiger partial charge in [-0.15, -0.1) is 0 Å². The van der Waals surface area contributed by atoms with Crippen molar-refractivity contribution in [2.75, 3.05) is 0 Å². The third kappa shape index (κ3) is 2.73. The van der Waals surface area contributed by atoms with Crippen molar-refractivity contribution >= 4 is 69.6 Å². The van der Waals surface area contributed by atoms with E-state index < -0.39 is 4.46 Å². The summed E-state index contributed by atoms with van der Waals surface area (Å²) in [6, 6.07) is 0. The van der Waals surface area contributed by atoms with E-state index in [9.17, 15) is 0 Å². The summed E-state index contributed by atoms with van der Waals surface area (Å²) < 4.78 is -1.70. The molecule has 0 atom stereocenters. The maximum atomic E-state index is 5.83. The Kier molecular flexibility index (Phi) is 4.61. The number of nitrogens with two attached hydrogens (primary N) is 1. The topological polar surface area (TPSA) is 50.9 Å². The van der Waals surface area contributed by atoms with Crippen molar-refractivity contribution in [2.24, 2.45) is 5.84 Å². The molecule has 0 saturated carbocycles. The molecule has 0 bridgehead atoms. The summed E-state index contributed by atoms with van der Waals surface area (Å²) in [6.07, 6.45) is 0. The summed E-state index contributed by atoms with van der Waals surface area (Å²) in [5, 5.41) is -0.0569. The number of pyridine rings is 1. The predicted molar refractivity (Wildman–Crippen MR) is 65.0 cm³/mol. The molecule has 0 aromatic carbocycles. The molecule has 0 radical (unpaired) electrons. The lowest BCUT2D eigenvalue weighted by Gasteiger charge is -2.19. The Morgan fingerprint density at radius 3 is 2.00 bits per heavy atom. The van der Waals surface area contributed by atoms with Gasteiger partial charge >= 0.3 is 0 Å². The molecule has 9 heteroatoms. The number of hydrogen-bond donors (Lipinski definition) is 2. The van der Waals surface area contributed by atoms with E-state index in [2.05, 4.69) is 10.4 Å². The van der Waals surface area contributed by atoms with Crippen molar-refractivity contribution in [2.45, 2.75) is 4.46 Å². The van der Waals surface area contributed by atoms with Gasteiger partial charge in [-0.2, -0.15) is 0 Å². The van der Waals surface area contributed by atoms with Crippen LogP contribution >= 0.6 is 69.6 Å². The Balaban J connectivity index is 3.45. The standard InChI is InChI=1S/C6H3Cl6N3/c7-1-2(8)4(6(11,12)15-13)14-5(10)3(1)9/h15H,13H2. The van der Waals surface area contributed by atoms with Gasteiger partial charge in [-0.1, -0.05) is 69.6 Å². The molecule has 0 spiro atoms. The number of rotatable bonds is 2. The molecule has 1 aromatic rings. The number of hydrogen-bond acceptors (Lipinski definition) is 3. The van der Waals surface area contributed by atoms with E-state index in [0.29, 0.717) is 0 Å². The molecule has 1 heterocycles. The highest BCUT2D eigenvalue weighted by atomic mass is 35.5. The van der Waals surface area contributed by atoms with Crippen molar-refractivity contribution in [3.05, 3.63) is 25.9 Å². The van der Waals surface area contributed by atoms with Gasteiger partial charge in [0.15, 0.2) is 0 Å². The van der Waals surface area contributed by atoms with E-state index in [-0.39, 0.29) is 25.9 Å². The largest absolute Gasteiger partial charge is 0.269 e. The summed E-state index contributed by atoms with van der Waals surface area (Å²) in [5.74, 6) is 5.11. The number of nitrogens with zero attached hydrogens (tertiary/aromatic N) is 1. The Morgan fingerprint density at radius 1 is 1.00 bits per heavy atom. The highest BCUT2D eigenvalue weighted by Crippen LogP contribution is 2.42. The van der Waals surface area contributed by atoms with E-state index in [1.54, 1.807) is 0 Å². The average molecular weight is 330 g/mol. The SMILES string of the molecule is NNC(Cl)(Cl)c1nc(Cl)c(Cl)c(Cl)c1Cl. The first-order chi connectivity index (χ1) is 6.81. The zero-order chi connectivity index (χ0) is 11.8. The van der Waals surface area contributed by atoms with Crippen LogP contribution in [0, 0.1) is 0 Å². The summed E-state index contributed by atoms with van der Waals surface area (Å²) in [6.45, 7) is 0. The minimum Gasteiger partial charge on any atom is -0.269 e. The minimum atomic E-state index is -1.70. The summed E-state index contributed by atoms with van der Waals surface area (Å²) in [7, 11) is 0. The number of nitrogens with one attached hydrogen (secondary N) is 1. The minimum absolute atomic E-state index is 0.00857. The quantitative estimate of drug-likeness (QED) is 0.286. The van der Waals surface area contributed by atoms with Crippen molar-refractivity contribution in [1.29, 1.82) is 0 Å². The van der Waals surface area contributed by atoms with Crippen LogP contribution in [0.3, 0.4) is 0 Å². The van der Waals surface area contributed by atoms with E-state index >= 15 is 0 Å². The average Bonchev–Trinajstić information content (AvgIpc) is 2.20. The lowest BCUT2D eigenvalue weighted by atomic mass is 10.3. The molecule has 1 aromatic heterocycles. The maximum Gasteiger partial charge on any atom is 0.225 e. The first-order valence-electron chi connectivity index (χ1n) is 3.37. The third-order valence-electron chi connectivity index (χ3n) is 1.46. The van der Waals surface area contributed by atoms with Crippen LogP contribution in [0.25, 0.3) is 0 Å². The fourth-order valence-corrected chi connectivity index (χ4v) is 2.00. The van der Waals surface area contributed by atoms with Crippen LogP contribution in [-0.2, 0) is 4.46 Å². The Labute approximate surface area is 116 Å². The Bertz CT molecular complexity index is 393. The second kappa shape index (κ2) is 4.98. The predicted octanol–water partition coefficient (Wildman–Crippen LogP) is 3.75. The fraction of sp³-hybridized carbons (Fsp3) is 0.167. The zero-order valence-electron chi connectivity index (χ0n) is 6.79. The van der Waals surface area contributed by atoms with Crippen molar-refractivity contribution in [3.8, 4) is 0 Å². The molecule has 0 amide bonds. The van der Waals surface area contributed by atoms with E-state index in [0.717, 1.165) is 0 Å². The van der Waals surface area contributed by atoms with Crippen molar-refractivity contribution in [3.63, 3.8) is 0 Å². The molecule has 3 N–H and O–H groups in total. The molecule has 0 aliphatic heterocycles. The molecule has 0 fully saturated rings. The molecule has 1 rings (SSSR count). The number of alkyl halides is 2. The highest BCUT2D eigenvalue weighted by Gasteiger charge is 2.32. The van der Waals surface area contributed by atoms with Crippen LogP contribution in [0.5, 0.6) is 0 Å². The second-order valence-electron chi connectivity index (χ2n) is 2.41. The summed E-state index contributed by atoms with van der Waals surface area (Å²) >= 11 is 34.5.